The Morgan fingerprint density at radius 3 is 2.63 bits per heavy atom. The highest BCUT2D eigenvalue weighted by atomic mass is 32.3. The van der Waals surface area contributed by atoms with Crippen LogP contribution < -0.4 is 9.64 Å². The number of anilines is 1. The number of halogens is 2. The molecule has 0 spiro atoms. The van der Waals surface area contributed by atoms with Crippen molar-refractivity contribution in [3.63, 3.8) is 0 Å². The van der Waals surface area contributed by atoms with Crippen molar-refractivity contribution in [2.75, 3.05) is 18.6 Å². The molecule has 0 saturated carbocycles. The first-order chi connectivity index (χ1) is 8.84. The lowest BCUT2D eigenvalue weighted by Gasteiger charge is -2.17. The van der Waals surface area contributed by atoms with Crippen LogP contribution in [0.5, 0.6) is 5.75 Å². The molecular weight excluding hydrogens is 280 g/mol. The third-order valence-electron chi connectivity index (χ3n) is 2.94. The van der Waals surface area contributed by atoms with Crippen molar-refractivity contribution in [2.45, 2.75) is 11.7 Å². The van der Waals surface area contributed by atoms with Crippen molar-refractivity contribution in [1.82, 2.24) is 0 Å². The Labute approximate surface area is 109 Å². The molecule has 19 heavy (non-hydrogen) atoms. The van der Waals surface area contributed by atoms with Gasteiger partial charge in [-0.3, -0.25) is 4.79 Å². The lowest BCUT2D eigenvalue weighted by molar-refractivity contribution is -0.117. The van der Waals surface area contributed by atoms with Gasteiger partial charge in [-0.15, -0.1) is 3.89 Å². The van der Waals surface area contributed by atoms with E-state index in [2.05, 4.69) is 0 Å². The largest absolute Gasteiger partial charge is 0.494 e. The molecule has 1 aliphatic heterocycles. The van der Waals surface area contributed by atoms with E-state index in [0.29, 0.717) is 0 Å². The molecule has 1 aromatic carbocycles. The third kappa shape index (κ3) is 2.53. The lowest BCUT2D eigenvalue weighted by Crippen LogP contribution is -2.27. The normalized spacial score (nSPS) is 19.8. The van der Waals surface area contributed by atoms with Gasteiger partial charge in [-0.05, 0) is 12.1 Å². The van der Waals surface area contributed by atoms with Crippen molar-refractivity contribution in [3.8, 4) is 5.75 Å². The zero-order chi connectivity index (χ0) is 14.2. The first kappa shape index (κ1) is 13.7. The number of hydrogen-bond acceptors (Lipinski definition) is 4. The van der Waals surface area contributed by atoms with Crippen molar-refractivity contribution in [3.05, 3.63) is 24.0 Å². The minimum absolute atomic E-state index is 0.0724. The number of carbonyl (C=O) groups excluding carboxylic acids is 1. The molecule has 5 nitrogen and oxygen atoms in total. The third-order valence-corrected chi connectivity index (χ3v) is 4.05. The van der Waals surface area contributed by atoms with E-state index in [1.165, 1.54) is 25.3 Å². The van der Waals surface area contributed by atoms with Crippen LogP contribution in [-0.4, -0.2) is 33.2 Å². The second kappa shape index (κ2) is 4.76. The molecule has 1 fully saturated rings. The molecule has 0 aliphatic carbocycles. The number of amides is 1. The standard InChI is InChI=1S/C11H11F2NO4S/c1-18-9-4-2-3-8(11(9)12)14-6-7(5-10(14)15)19(13,16)17/h2-4,7H,5-6H2,1H3. The molecule has 1 unspecified atom stereocenters. The average molecular weight is 291 g/mol. The summed E-state index contributed by atoms with van der Waals surface area (Å²) in [6.45, 7) is -0.401. The summed E-state index contributed by atoms with van der Waals surface area (Å²) in [5.74, 6) is -1.49. The predicted octanol–water partition coefficient (Wildman–Crippen LogP) is 1.24. The van der Waals surface area contributed by atoms with Crippen LogP contribution in [0.1, 0.15) is 6.42 Å². The van der Waals surface area contributed by atoms with Crippen LogP contribution in [0.25, 0.3) is 0 Å². The number of benzene rings is 1. The highest BCUT2D eigenvalue weighted by Crippen LogP contribution is 2.31. The summed E-state index contributed by atoms with van der Waals surface area (Å²) in [6.07, 6.45) is -0.491. The molecule has 0 N–H and O–H groups in total. The highest BCUT2D eigenvalue weighted by molar-refractivity contribution is 7.87. The summed E-state index contributed by atoms with van der Waals surface area (Å²) in [6, 6.07) is 4.13. The Kier molecular flexibility index (Phi) is 3.44. The van der Waals surface area contributed by atoms with Gasteiger partial charge in [0.1, 0.15) is 5.25 Å². The van der Waals surface area contributed by atoms with Gasteiger partial charge in [0.2, 0.25) is 5.91 Å². The van der Waals surface area contributed by atoms with Crippen LogP contribution in [0, 0.1) is 5.82 Å². The monoisotopic (exact) mass is 291 g/mol. The quantitative estimate of drug-likeness (QED) is 0.786. The minimum atomic E-state index is -4.82. The van der Waals surface area contributed by atoms with Crippen molar-refractivity contribution < 1.29 is 26.2 Å². The van der Waals surface area contributed by atoms with Crippen molar-refractivity contribution in [1.29, 1.82) is 0 Å². The summed E-state index contributed by atoms with van der Waals surface area (Å²) in [4.78, 5) is 12.6. The molecule has 1 aromatic rings. The Bertz CT molecular complexity index is 617. The molecule has 1 amide bonds. The Hall–Kier alpha value is -1.70. The smallest absolute Gasteiger partial charge is 0.307 e. The van der Waals surface area contributed by atoms with E-state index < -0.39 is 40.2 Å². The van der Waals surface area contributed by atoms with E-state index >= 15 is 0 Å². The van der Waals surface area contributed by atoms with E-state index in [9.17, 15) is 21.5 Å². The zero-order valence-electron chi connectivity index (χ0n) is 9.97. The van der Waals surface area contributed by atoms with Gasteiger partial charge in [0.25, 0.3) is 0 Å². The molecule has 1 heterocycles. The maximum absolute atomic E-state index is 14.0. The first-order valence-electron chi connectivity index (χ1n) is 5.41. The Balaban J connectivity index is 2.36. The topological polar surface area (TPSA) is 63.7 Å². The lowest BCUT2D eigenvalue weighted by atomic mass is 10.2. The van der Waals surface area contributed by atoms with Crippen molar-refractivity contribution in [2.24, 2.45) is 0 Å². The van der Waals surface area contributed by atoms with Crippen molar-refractivity contribution >= 4 is 21.8 Å². The summed E-state index contributed by atoms with van der Waals surface area (Å²) < 4.78 is 53.2. The number of ether oxygens (including phenoxy) is 1. The molecule has 1 saturated heterocycles. The zero-order valence-corrected chi connectivity index (χ0v) is 10.8. The van der Waals surface area contributed by atoms with Crippen LogP contribution in [0.2, 0.25) is 0 Å². The molecule has 104 valence electrons. The van der Waals surface area contributed by atoms with Crippen LogP contribution >= 0.6 is 0 Å². The summed E-state index contributed by atoms with van der Waals surface area (Å²) in [5.41, 5.74) is -0.115. The summed E-state index contributed by atoms with van der Waals surface area (Å²) in [5, 5.41) is -1.45. The molecule has 0 bridgehead atoms. The summed E-state index contributed by atoms with van der Waals surface area (Å²) in [7, 11) is -3.55. The van der Waals surface area contributed by atoms with E-state index in [4.69, 9.17) is 4.74 Å². The fourth-order valence-electron chi connectivity index (χ4n) is 1.96. The SMILES string of the molecule is COc1cccc(N2CC(S(=O)(=O)F)CC2=O)c1F. The van der Waals surface area contributed by atoms with Gasteiger partial charge in [0, 0.05) is 13.0 Å². The fourth-order valence-corrected chi connectivity index (χ4v) is 2.63. The number of rotatable bonds is 3. The second-order valence-corrected chi connectivity index (χ2v) is 5.72. The van der Waals surface area contributed by atoms with Gasteiger partial charge in [0.15, 0.2) is 11.6 Å². The van der Waals surface area contributed by atoms with Crippen LogP contribution in [0.4, 0.5) is 14.0 Å². The molecule has 2 rings (SSSR count). The molecule has 8 heteroatoms. The second-order valence-electron chi connectivity index (χ2n) is 4.10. The van der Waals surface area contributed by atoms with E-state index in [1.807, 2.05) is 0 Å². The maximum atomic E-state index is 14.0. The van der Waals surface area contributed by atoms with Gasteiger partial charge < -0.3 is 9.64 Å². The van der Waals surface area contributed by atoms with E-state index in [-0.39, 0.29) is 11.4 Å². The fraction of sp³-hybridized carbons (Fsp3) is 0.364. The van der Waals surface area contributed by atoms with E-state index in [1.54, 1.807) is 0 Å². The number of methoxy groups -OCH3 is 1. The number of carbonyl (C=O) groups is 1. The first-order valence-corrected chi connectivity index (χ1v) is 6.85. The summed E-state index contributed by atoms with van der Waals surface area (Å²) >= 11 is 0. The average Bonchev–Trinajstić information content (AvgIpc) is 2.71. The highest BCUT2D eigenvalue weighted by Gasteiger charge is 2.40. The maximum Gasteiger partial charge on any atom is 0.307 e. The van der Waals surface area contributed by atoms with Gasteiger partial charge in [-0.2, -0.15) is 8.42 Å². The molecular formula is C11H11F2NO4S. The number of nitrogens with zero attached hydrogens (tertiary/aromatic N) is 1. The van der Waals surface area contributed by atoms with Gasteiger partial charge >= 0.3 is 10.2 Å². The predicted molar refractivity (Wildman–Crippen MR) is 63.7 cm³/mol. The van der Waals surface area contributed by atoms with Crippen LogP contribution in [0.3, 0.4) is 0 Å². The Morgan fingerprint density at radius 2 is 2.11 bits per heavy atom. The van der Waals surface area contributed by atoms with Crippen LogP contribution in [-0.2, 0) is 15.0 Å². The minimum Gasteiger partial charge on any atom is -0.494 e. The van der Waals surface area contributed by atoms with Gasteiger partial charge in [-0.25, -0.2) is 4.39 Å². The van der Waals surface area contributed by atoms with E-state index in [0.717, 1.165) is 4.90 Å². The Morgan fingerprint density at radius 1 is 1.42 bits per heavy atom. The molecule has 0 radical (unpaired) electrons. The van der Waals surface area contributed by atoms with Gasteiger partial charge in [-0.1, -0.05) is 6.07 Å². The molecule has 1 atom stereocenters. The van der Waals surface area contributed by atoms with Gasteiger partial charge in [0.05, 0.1) is 12.8 Å². The van der Waals surface area contributed by atoms with Crippen LogP contribution in [0.15, 0.2) is 18.2 Å². The molecule has 1 aliphatic rings. The number of hydrogen-bond donors (Lipinski definition) is 0. The molecule has 0 aromatic heterocycles.